The van der Waals surface area contributed by atoms with Gasteiger partial charge in [-0.05, 0) is 98.8 Å². The fraction of sp³-hybridized carbons (Fsp3) is 0.646. The second kappa shape index (κ2) is 34.4. The zero-order valence-electron chi connectivity index (χ0n) is 53.4. The molecule has 2 aliphatic heterocycles. The summed E-state index contributed by atoms with van der Waals surface area (Å²) in [6.07, 6.45) is 7.38. The van der Waals surface area contributed by atoms with Crippen LogP contribution in [0.25, 0.3) is 0 Å². The summed E-state index contributed by atoms with van der Waals surface area (Å²) in [7, 11) is 6.17. The monoisotopic (exact) mass is 1230 g/mol. The van der Waals surface area contributed by atoms with Crippen LogP contribution in [0.3, 0.4) is 0 Å². The van der Waals surface area contributed by atoms with E-state index in [1.165, 1.54) is 50.1 Å². The van der Waals surface area contributed by atoms with Gasteiger partial charge in [0.1, 0.15) is 12.7 Å². The molecule has 0 aromatic heterocycles. The van der Waals surface area contributed by atoms with Gasteiger partial charge in [0.05, 0.1) is 71.3 Å². The first-order chi connectivity index (χ1) is 41.4. The third-order valence-corrected chi connectivity index (χ3v) is 18.4. The van der Waals surface area contributed by atoms with Crippen molar-refractivity contribution < 1.29 is 67.2 Å². The molecule has 2 heterocycles. The Hall–Kier alpha value is -6.36. The summed E-state index contributed by atoms with van der Waals surface area (Å²) in [4.78, 5) is 130. The molecule has 1 aliphatic carbocycles. The molecule has 0 spiro atoms. The number of ether oxygens (including phenoxy) is 4. The van der Waals surface area contributed by atoms with Crippen LogP contribution in [0.15, 0.2) is 60.7 Å². The van der Waals surface area contributed by atoms with Crippen LogP contribution >= 0.6 is 11.8 Å². The fourth-order valence-electron chi connectivity index (χ4n) is 12.2. The van der Waals surface area contributed by atoms with E-state index in [1.54, 1.807) is 69.0 Å². The van der Waals surface area contributed by atoms with Crippen LogP contribution in [-0.2, 0) is 54.3 Å². The van der Waals surface area contributed by atoms with Gasteiger partial charge < -0.3 is 49.4 Å². The lowest BCUT2D eigenvalue weighted by atomic mass is 9.83. The Labute approximate surface area is 519 Å². The van der Waals surface area contributed by atoms with E-state index in [0.29, 0.717) is 43.4 Å². The average Bonchev–Trinajstić information content (AvgIpc) is 4.32. The van der Waals surface area contributed by atoms with Gasteiger partial charge in [-0.25, -0.2) is 9.59 Å². The van der Waals surface area contributed by atoms with Crippen molar-refractivity contribution in [2.75, 3.05) is 59.5 Å². The molecule has 482 valence electrons. The highest BCUT2D eigenvalue weighted by molar-refractivity contribution is 8.00. The molecule has 22 heteroatoms. The maximum atomic E-state index is 14.9. The van der Waals surface area contributed by atoms with E-state index in [-0.39, 0.29) is 97.4 Å². The van der Waals surface area contributed by atoms with Crippen LogP contribution in [0.5, 0.6) is 0 Å². The molecule has 5 rings (SSSR count). The van der Waals surface area contributed by atoms with Gasteiger partial charge in [0.2, 0.25) is 29.5 Å². The highest BCUT2D eigenvalue weighted by atomic mass is 32.2. The quantitative estimate of drug-likeness (QED) is 0.0423. The standard InChI is InChI=1S/C65H97N7O14S/c1-14-41(6)57(52(83-11)36-54(74)71-32-23-28-50(71)59(84-12)42(7)60(77)67-43(8)58(76)45-24-19-18-20-25-45)69(9)62(79)47(39(2)3)35-51(73)56(40(4)5)70(10)65(82)85-38-44-29-30-49(68-64(81)86-46-26-21-16-15-17-22-27-46)48(34-44)61(78)66-31-33-72-55(75)37-53(87-13)63(72)80/h18-21,24-26,29-30,34,39-43,46-47,50,52-53,56-59,76H,14-17,22-23,27-28,31-33,35-38H2,1-13H3,(H,66,78)(H,67,77)(H,68,81)/b26-21+/t41-,42+,43+,46?,47+,50-,52+,53?,56-,57-,58+,59+/m0/s1. The highest BCUT2D eigenvalue weighted by Crippen LogP contribution is 2.32. The van der Waals surface area contributed by atoms with E-state index < -0.39 is 89.7 Å². The Morgan fingerprint density at radius 3 is 2.20 bits per heavy atom. The molecule has 87 heavy (non-hydrogen) atoms. The summed E-state index contributed by atoms with van der Waals surface area (Å²) in [6.45, 7) is 14.8. The van der Waals surface area contributed by atoms with E-state index in [0.717, 1.165) is 30.6 Å². The van der Waals surface area contributed by atoms with Gasteiger partial charge in [0.15, 0.2) is 5.78 Å². The lowest BCUT2D eigenvalue weighted by molar-refractivity contribution is -0.149. The number of nitrogens with one attached hydrogen (secondary N) is 3. The minimum Gasteiger partial charge on any atom is -0.445 e. The van der Waals surface area contributed by atoms with Crippen LogP contribution < -0.4 is 16.0 Å². The van der Waals surface area contributed by atoms with Gasteiger partial charge in [-0.2, -0.15) is 11.8 Å². The van der Waals surface area contributed by atoms with E-state index in [1.807, 2.05) is 58.0 Å². The normalized spacial score (nSPS) is 20.6. The highest BCUT2D eigenvalue weighted by Gasteiger charge is 2.44. The van der Waals surface area contributed by atoms with Gasteiger partial charge in [-0.15, -0.1) is 0 Å². The van der Waals surface area contributed by atoms with Crippen LogP contribution in [0.1, 0.15) is 154 Å². The Balaban J connectivity index is 1.26. The lowest BCUT2D eigenvalue weighted by Crippen LogP contribution is -2.55. The molecule has 4 N–H and O–H groups in total. The van der Waals surface area contributed by atoms with Crippen LogP contribution in [0, 0.1) is 29.6 Å². The van der Waals surface area contributed by atoms with Gasteiger partial charge in [-0.1, -0.05) is 104 Å². The number of benzene rings is 2. The van der Waals surface area contributed by atoms with Crippen molar-refractivity contribution in [1.29, 1.82) is 0 Å². The number of imide groups is 1. The van der Waals surface area contributed by atoms with Gasteiger partial charge >= 0.3 is 12.2 Å². The topological polar surface area (TPSA) is 260 Å². The third-order valence-electron chi connectivity index (χ3n) is 17.5. The Kier molecular flexibility index (Phi) is 28.2. The number of carbonyl (C=O) groups excluding carboxylic acids is 9. The number of rotatable bonds is 30. The molecule has 8 amide bonds. The number of amides is 8. The smallest absolute Gasteiger partial charge is 0.412 e. The number of nitrogens with zero attached hydrogens (tertiary/aromatic N) is 4. The Bertz CT molecular complexity index is 2690. The number of allylic oxidation sites excluding steroid dienone is 1. The number of ketones is 1. The number of Topliss-reactive ketones (excluding diaryl/α,β-unsaturated/α-hetero) is 1. The van der Waals surface area contributed by atoms with E-state index in [2.05, 4.69) is 16.0 Å². The number of thioether (sulfide) groups is 1. The molecule has 2 unspecified atom stereocenters. The molecule has 2 aromatic carbocycles. The molecule has 12 atom stereocenters. The number of methoxy groups -OCH3 is 2. The van der Waals surface area contributed by atoms with Crippen molar-refractivity contribution in [3.05, 3.63) is 77.4 Å². The maximum Gasteiger partial charge on any atom is 0.412 e. The number of carbonyl (C=O) groups is 9. The van der Waals surface area contributed by atoms with Crippen molar-refractivity contribution in [2.24, 2.45) is 29.6 Å². The van der Waals surface area contributed by atoms with Crippen molar-refractivity contribution in [3.63, 3.8) is 0 Å². The summed E-state index contributed by atoms with van der Waals surface area (Å²) in [5.41, 5.74) is 1.15. The van der Waals surface area contributed by atoms with Crippen molar-refractivity contribution in [2.45, 2.75) is 186 Å². The van der Waals surface area contributed by atoms with E-state index in [9.17, 15) is 48.3 Å². The third kappa shape index (κ3) is 19.3. The molecule has 2 aromatic rings. The summed E-state index contributed by atoms with van der Waals surface area (Å²) in [6, 6.07) is 11.0. The molecule has 2 saturated heterocycles. The van der Waals surface area contributed by atoms with Crippen molar-refractivity contribution in [3.8, 4) is 0 Å². The number of anilines is 1. The van der Waals surface area contributed by atoms with Gasteiger partial charge in [0.25, 0.3) is 5.91 Å². The number of hydrogen-bond donors (Lipinski definition) is 4. The first-order valence-corrected chi connectivity index (χ1v) is 32.2. The van der Waals surface area contributed by atoms with Crippen molar-refractivity contribution in [1.82, 2.24) is 30.2 Å². The first kappa shape index (κ1) is 71.4. The molecule has 21 nitrogen and oxygen atoms in total. The van der Waals surface area contributed by atoms with Gasteiger partial charge in [0, 0.05) is 66.7 Å². The molecule has 0 saturated carbocycles. The van der Waals surface area contributed by atoms with Crippen molar-refractivity contribution >= 4 is 70.9 Å². The molecular formula is C65H97N7O14S. The molecule has 0 radical (unpaired) electrons. The Morgan fingerprint density at radius 2 is 1.56 bits per heavy atom. The lowest BCUT2D eigenvalue weighted by Gasteiger charge is -2.41. The van der Waals surface area contributed by atoms with E-state index in [4.69, 9.17) is 18.9 Å². The van der Waals surface area contributed by atoms with Gasteiger partial charge in [-0.3, -0.25) is 43.8 Å². The SMILES string of the molecule is CC[C@H](C)[C@@H]([C@@H](CC(=O)N1CCC[C@H]1[C@H](OC)[C@@H](C)C(=O)N[C@H](C)[C@@H](O)c1ccccc1)OC)N(C)C(=O)[C@H](CC(=O)[C@H](C(C)C)N(C)C(=O)OCc1ccc(NC(=O)OC2/C=C/CCCCC2)c(C(=O)NCCN2C(=O)CC(SC)C2=O)c1)C(C)C. The summed E-state index contributed by atoms with van der Waals surface area (Å²) in [5.74, 6) is -4.90. The zero-order chi connectivity index (χ0) is 64.2. The summed E-state index contributed by atoms with van der Waals surface area (Å²) in [5, 5.41) is 18.9. The number of likely N-dealkylation sites (N-methyl/N-ethyl adjacent to an activating group) is 2. The molecule has 0 bridgehead atoms. The second-order valence-corrected chi connectivity index (χ2v) is 25.2. The molecule has 3 aliphatic rings. The Morgan fingerprint density at radius 1 is 0.851 bits per heavy atom. The minimum absolute atomic E-state index is 0.00307. The van der Waals surface area contributed by atoms with E-state index >= 15 is 0 Å². The fourth-order valence-corrected chi connectivity index (χ4v) is 12.9. The molecular weight excluding hydrogens is 1130 g/mol. The summed E-state index contributed by atoms with van der Waals surface area (Å²) < 4.78 is 23.6. The second-order valence-electron chi connectivity index (χ2n) is 24.2. The number of likely N-dealkylation sites (tertiary alicyclic amines) is 2. The zero-order valence-corrected chi connectivity index (χ0v) is 54.2. The summed E-state index contributed by atoms with van der Waals surface area (Å²) >= 11 is 1.29. The van der Waals surface area contributed by atoms with Crippen LogP contribution in [-0.4, -0.2) is 180 Å². The predicted octanol–water partition coefficient (Wildman–Crippen LogP) is 8.33. The van der Waals surface area contributed by atoms with Crippen LogP contribution in [0.2, 0.25) is 0 Å². The average molecular weight is 1230 g/mol. The van der Waals surface area contributed by atoms with Crippen LogP contribution in [0.4, 0.5) is 15.3 Å². The first-order valence-electron chi connectivity index (χ1n) is 30.9. The number of hydrogen-bond acceptors (Lipinski definition) is 15. The largest absolute Gasteiger partial charge is 0.445 e. The number of aliphatic hydroxyl groups is 1. The number of aliphatic hydroxyl groups excluding tert-OH is 1. The molecule has 2 fully saturated rings. The minimum atomic E-state index is -1.01. The predicted molar refractivity (Wildman–Crippen MR) is 333 cm³/mol. The maximum absolute atomic E-state index is 14.9.